The molecule has 0 aliphatic rings. The van der Waals surface area contributed by atoms with Gasteiger partial charge in [-0.3, -0.25) is 4.79 Å². The first-order chi connectivity index (χ1) is 19.0. The number of hydrogen-bond donors (Lipinski definition) is 0. The molecule has 0 atom stereocenters. The number of methoxy groups -OCH3 is 1. The summed E-state index contributed by atoms with van der Waals surface area (Å²) in [6.07, 6.45) is -7.03. The van der Waals surface area contributed by atoms with Gasteiger partial charge in [0.05, 0.1) is 41.7 Å². The topological polar surface area (TPSA) is 60.2 Å². The van der Waals surface area contributed by atoms with Crippen molar-refractivity contribution in [2.75, 3.05) is 19.1 Å². The molecule has 0 saturated heterocycles. The number of pyridine rings is 1. The Labute approximate surface area is 232 Å². The van der Waals surface area contributed by atoms with E-state index >= 15 is 0 Å². The van der Waals surface area contributed by atoms with Crippen LogP contribution < -0.4 is 9.64 Å². The van der Waals surface area contributed by atoms with E-state index in [9.17, 15) is 31.1 Å². The van der Waals surface area contributed by atoms with E-state index < -0.39 is 40.4 Å². The van der Waals surface area contributed by atoms with Gasteiger partial charge in [0.2, 0.25) is 5.91 Å². The number of ether oxygens (including phenoxy) is 1. The van der Waals surface area contributed by atoms with Crippen LogP contribution in [-0.4, -0.2) is 34.8 Å². The van der Waals surface area contributed by atoms with Crippen LogP contribution in [0, 0.1) is 6.92 Å². The van der Waals surface area contributed by atoms with Crippen LogP contribution in [0.25, 0.3) is 22.2 Å². The van der Waals surface area contributed by atoms with Crippen LogP contribution in [0.5, 0.6) is 5.75 Å². The predicted octanol–water partition coefficient (Wildman–Crippen LogP) is 7.41. The summed E-state index contributed by atoms with van der Waals surface area (Å²) in [7, 11) is 2.94. The summed E-state index contributed by atoms with van der Waals surface area (Å²) in [6.45, 7) is 6.85. The summed E-state index contributed by atoms with van der Waals surface area (Å²) in [5, 5.41) is 5.00. The summed E-state index contributed by atoms with van der Waals surface area (Å²) in [4.78, 5) is 19.7. The van der Waals surface area contributed by atoms with Gasteiger partial charge in [-0.25, -0.2) is 9.67 Å². The fraction of sp³-hybridized carbons (Fsp3) is 0.345. The van der Waals surface area contributed by atoms with Crippen molar-refractivity contribution in [2.45, 2.75) is 52.0 Å². The van der Waals surface area contributed by atoms with Crippen molar-refractivity contribution in [1.29, 1.82) is 0 Å². The van der Waals surface area contributed by atoms with Gasteiger partial charge < -0.3 is 9.64 Å². The molecule has 0 saturated carbocycles. The number of hydrogen-bond acceptors (Lipinski definition) is 4. The second-order valence-electron chi connectivity index (χ2n) is 10.2. The minimum absolute atomic E-state index is 0.0432. The smallest absolute Gasteiger partial charge is 0.416 e. The molecule has 218 valence electrons. The number of benzene rings is 2. The first-order valence-corrected chi connectivity index (χ1v) is 12.6. The molecule has 1 amide bonds. The van der Waals surface area contributed by atoms with Crippen molar-refractivity contribution in [1.82, 2.24) is 14.8 Å². The minimum atomic E-state index is -5.05. The number of fused-ring (bicyclic) bond motifs is 1. The molecule has 4 rings (SSSR count). The number of nitrogens with zero attached hydrogens (tertiary/aromatic N) is 4. The molecule has 4 aromatic rings. The van der Waals surface area contributed by atoms with Gasteiger partial charge in [-0.1, -0.05) is 6.07 Å². The van der Waals surface area contributed by atoms with E-state index in [1.54, 1.807) is 16.9 Å². The van der Waals surface area contributed by atoms with Gasteiger partial charge >= 0.3 is 12.4 Å². The van der Waals surface area contributed by atoms with E-state index in [-0.39, 0.29) is 6.07 Å². The maximum atomic E-state index is 13.9. The molecule has 2 aromatic heterocycles. The van der Waals surface area contributed by atoms with Crippen molar-refractivity contribution in [3.8, 4) is 16.9 Å². The molecule has 2 aromatic carbocycles. The van der Waals surface area contributed by atoms with Crippen molar-refractivity contribution >= 4 is 22.6 Å². The third-order valence-corrected chi connectivity index (χ3v) is 7.16. The van der Waals surface area contributed by atoms with Crippen LogP contribution in [0.4, 0.5) is 32.0 Å². The number of likely N-dealkylation sites (N-methyl/N-ethyl adjacent to an activating group) is 1. The highest BCUT2D eigenvalue weighted by atomic mass is 19.4. The summed E-state index contributed by atoms with van der Waals surface area (Å²) < 4.78 is 88.4. The number of aromatic nitrogens is 3. The van der Waals surface area contributed by atoms with Crippen molar-refractivity contribution in [3.63, 3.8) is 0 Å². The number of amides is 1. The average molecular weight is 579 g/mol. The Hall–Kier alpha value is -4.09. The van der Waals surface area contributed by atoms with Crippen molar-refractivity contribution in [2.24, 2.45) is 0 Å². The molecule has 0 aliphatic carbocycles. The molecule has 0 bridgehead atoms. The number of alkyl halides is 6. The van der Waals surface area contributed by atoms with Gasteiger partial charge in [0, 0.05) is 24.5 Å². The Kier molecular flexibility index (Phi) is 7.57. The molecule has 0 spiro atoms. The third-order valence-electron chi connectivity index (χ3n) is 7.16. The lowest BCUT2D eigenvalue weighted by Crippen LogP contribution is -2.42. The standard InChI is InChI=1S/C29H28F6N4O2/c1-7-39-25-22(14-37-39)24(21-9-8-20(41-6)10-16(21)2)23(15-36-25)38(5)26(40)27(3,4)17-11-18(28(30,31)32)13-19(12-17)29(33,34)35/h8-15H,7H2,1-6H3. The van der Waals surface area contributed by atoms with Crippen LogP contribution in [0.2, 0.25) is 0 Å². The zero-order valence-corrected chi connectivity index (χ0v) is 23.2. The molecule has 0 radical (unpaired) electrons. The molecule has 0 unspecified atom stereocenters. The molecule has 41 heavy (non-hydrogen) atoms. The molecule has 0 aliphatic heterocycles. The molecule has 0 N–H and O–H groups in total. The highest BCUT2D eigenvalue weighted by molar-refractivity contribution is 6.08. The molecule has 2 heterocycles. The van der Waals surface area contributed by atoms with Crippen molar-refractivity contribution < 1.29 is 35.9 Å². The zero-order valence-electron chi connectivity index (χ0n) is 23.2. The number of carbonyl (C=O) groups excluding carboxylic acids is 1. The molecular weight excluding hydrogens is 550 g/mol. The summed E-state index contributed by atoms with van der Waals surface area (Å²) in [6, 6.07) is 6.58. The number of anilines is 1. The number of aryl methyl sites for hydroxylation is 2. The second kappa shape index (κ2) is 10.4. The molecule has 12 heteroatoms. The summed E-state index contributed by atoms with van der Waals surface area (Å²) in [5.41, 5.74) is -2.23. The normalized spacial score (nSPS) is 12.6. The van der Waals surface area contributed by atoms with Crippen molar-refractivity contribution in [3.05, 3.63) is 71.0 Å². The number of carbonyl (C=O) groups is 1. The Morgan fingerprint density at radius 2 is 1.54 bits per heavy atom. The van der Waals surface area contributed by atoms with Crippen LogP contribution in [0.1, 0.15) is 43.0 Å². The zero-order chi connectivity index (χ0) is 30.5. The Morgan fingerprint density at radius 1 is 0.951 bits per heavy atom. The minimum Gasteiger partial charge on any atom is -0.497 e. The monoisotopic (exact) mass is 578 g/mol. The number of halogens is 6. The summed E-state index contributed by atoms with van der Waals surface area (Å²) in [5.74, 6) is -0.126. The van der Waals surface area contributed by atoms with E-state index in [2.05, 4.69) is 10.1 Å². The SMILES string of the molecule is CCn1ncc2c(-c3ccc(OC)cc3C)c(N(C)C(=O)C(C)(C)c3cc(C(F)(F)F)cc(C(F)(F)F)c3)cnc21. The highest BCUT2D eigenvalue weighted by Gasteiger charge is 2.41. The molecule has 0 fully saturated rings. The van der Waals surface area contributed by atoms with E-state index in [4.69, 9.17) is 4.74 Å². The van der Waals surface area contributed by atoms with Crippen LogP contribution >= 0.6 is 0 Å². The fourth-order valence-corrected chi connectivity index (χ4v) is 4.80. The lowest BCUT2D eigenvalue weighted by Gasteiger charge is -2.32. The molecular formula is C29H28F6N4O2. The predicted molar refractivity (Wildman–Crippen MR) is 143 cm³/mol. The first kappa shape index (κ1) is 29.9. The van der Waals surface area contributed by atoms with E-state index in [0.29, 0.717) is 46.7 Å². The van der Waals surface area contributed by atoms with E-state index in [1.807, 2.05) is 26.0 Å². The van der Waals surface area contributed by atoms with Gasteiger partial charge in [-0.15, -0.1) is 0 Å². The fourth-order valence-electron chi connectivity index (χ4n) is 4.80. The number of rotatable bonds is 6. The quantitative estimate of drug-likeness (QED) is 0.224. The Balaban J connectivity index is 1.90. The van der Waals surface area contributed by atoms with Gasteiger partial charge in [-0.05, 0) is 74.7 Å². The molecule has 6 nitrogen and oxygen atoms in total. The Morgan fingerprint density at radius 3 is 2.05 bits per heavy atom. The van der Waals surface area contributed by atoms with E-state index in [0.717, 1.165) is 11.1 Å². The third kappa shape index (κ3) is 5.47. The van der Waals surface area contributed by atoms with Gasteiger partial charge in [-0.2, -0.15) is 31.4 Å². The van der Waals surface area contributed by atoms with Gasteiger partial charge in [0.25, 0.3) is 0 Å². The highest BCUT2D eigenvalue weighted by Crippen LogP contribution is 2.42. The van der Waals surface area contributed by atoms with Crippen LogP contribution in [0.15, 0.2) is 48.8 Å². The lowest BCUT2D eigenvalue weighted by molar-refractivity contribution is -0.143. The van der Waals surface area contributed by atoms with E-state index in [1.165, 1.54) is 39.1 Å². The largest absolute Gasteiger partial charge is 0.497 e. The van der Waals surface area contributed by atoms with Gasteiger partial charge in [0.15, 0.2) is 5.65 Å². The van der Waals surface area contributed by atoms with Crippen LogP contribution in [-0.2, 0) is 29.1 Å². The Bertz CT molecular complexity index is 1590. The summed E-state index contributed by atoms with van der Waals surface area (Å²) >= 11 is 0. The second-order valence-corrected chi connectivity index (χ2v) is 10.2. The first-order valence-electron chi connectivity index (χ1n) is 12.6. The maximum absolute atomic E-state index is 13.9. The average Bonchev–Trinajstić information content (AvgIpc) is 3.34. The maximum Gasteiger partial charge on any atom is 0.416 e. The van der Waals surface area contributed by atoms with Crippen LogP contribution in [0.3, 0.4) is 0 Å². The lowest BCUT2D eigenvalue weighted by atomic mass is 9.81. The van der Waals surface area contributed by atoms with Gasteiger partial charge in [0.1, 0.15) is 5.75 Å².